The molecule has 0 aliphatic rings. The number of rotatable bonds is 7. The van der Waals surface area contributed by atoms with Crippen LogP contribution in [-0.2, 0) is 11.3 Å². The SMILES string of the molecule is C=CCOc1ccc(/C=C/C(=O)NNC(=S)NCc2ccc(F)cc2)cc1. The second kappa shape index (κ2) is 10.7. The molecule has 1 amide bonds. The molecule has 3 N–H and O–H groups in total. The van der Waals surface area contributed by atoms with Crippen LogP contribution in [0.4, 0.5) is 4.39 Å². The van der Waals surface area contributed by atoms with Gasteiger partial charge in [0.05, 0.1) is 0 Å². The van der Waals surface area contributed by atoms with Crippen LogP contribution in [0.25, 0.3) is 6.08 Å². The van der Waals surface area contributed by atoms with Gasteiger partial charge in [-0.1, -0.05) is 36.9 Å². The van der Waals surface area contributed by atoms with E-state index in [1.807, 2.05) is 24.3 Å². The van der Waals surface area contributed by atoms with E-state index in [-0.39, 0.29) is 16.8 Å². The van der Waals surface area contributed by atoms with Gasteiger partial charge in [0.15, 0.2) is 5.11 Å². The molecule has 140 valence electrons. The van der Waals surface area contributed by atoms with Crippen LogP contribution in [0.15, 0.2) is 67.3 Å². The molecule has 0 aliphatic carbocycles. The van der Waals surface area contributed by atoms with Crippen LogP contribution in [0.5, 0.6) is 5.75 Å². The van der Waals surface area contributed by atoms with Crippen LogP contribution in [0.3, 0.4) is 0 Å². The van der Waals surface area contributed by atoms with E-state index in [4.69, 9.17) is 17.0 Å². The third-order valence-electron chi connectivity index (χ3n) is 3.34. The number of carbonyl (C=O) groups excluding carboxylic acids is 1. The Kier molecular flexibility index (Phi) is 7.99. The molecule has 0 unspecified atom stereocenters. The molecule has 27 heavy (non-hydrogen) atoms. The van der Waals surface area contributed by atoms with E-state index in [9.17, 15) is 9.18 Å². The molecule has 0 atom stereocenters. The van der Waals surface area contributed by atoms with Crippen LogP contribution in [0.2, 0.25) is 0 Å². The molecule has 2 aromatic rings. The highest BCUT2D eigenvalue weighted by molar-refractivity contribution is 7.80. The summed E-state index contributed by atoms with van der Waals surface area (Å²) in [4.78, 5) is 11.8. The lowest BCUT2D eigenvalue weighted by atomic mass is 10.2. The first-order valence-corrected chi connectivity index (χ1v) is 8.58. The number of amides is 1. The summed E-state index contributed by atoms with van der Waals surface area (Å²) < 4.78 is 18.2. The van der Waals surface area contributed by atoms with Crippen LogP contribution < -0.4 is 20.9 Å². The topological polar surface area (TPSA) is 62.4 Å². The van der Waals surface area contributed by atoms with E-state index in [2.05, 4.69) is 22.7 Å². The number of hydrogen-bond donors (Lipinski definition) is 3. The lowest BCUT2D eigenvalue weighted by molar-refractivity contribution is -0.116. The average Bonchev–Trinajstić information content (AvgIpc) is 2.69. The monoisotopic (exact) mass is 385 g/mol. The molecule has 0 fully saturated rings. The van der Waals surface area contributed by atoms with Gasteiger partial charge in [-0.25, -0.2) is 4.39 Å². The Balaban J connectivity index is 1.71. The molecule has 2 rings (SSSR count). The molecule has 0 heterocycles. The second-order valence-electron chi connectivity index (χ2n) is 5.43. The van der Waals surface area contributed by atoms with Crippen LogP contribution in [0, 0.1) is 5.82 Å². The molecule has 0 spiro atoms. The minimum atomic E-state index is -0.354. The smallest absolute Gasteiger partial charge is 0.262 e. The minimum absolute atomic E-state index is 0.254. The summed E-state index contributed by atoms with van der Waals surface area (Å²) >= 11 is 5.07. The van der Waals surface area contributed by atoms with Gasteiger partial charge in [-0.15, -0.1) is 0 Å². The van der Waals surface area contributed by atoms with E-state index >= 15 is 0 Å². The van der Waals surface area contributed by atoms with Crippen molar-refractivity contribution in [1.82, 2.24) is 16.2 Å². The summed E-state index contributed by atoms with van der Waals surface area (Å²) in [5.41, 5.74) is 6.78. The Labute approximate surface area is 162 Å². The zero-order valence-corrected chi connectivity index (χ0v) is 15.4. The minimum Gasteiger partial charge on any atom is -0.490 e. The van der Waals surface area contributed by atoms with Gasteiger partial charge in [-0.3, -0.25) is 15.6 Å². The zero-order valence-electron chi connectivity index (χ0n) is 14.6. The van der Waals surface area contributed by atoms with Crippen molar-refractivity contribution in [3.63, 3.8) is 0 Å². The second-order valence-corrected chi connectivity index (χ2v) is 5.83. The first kappa shape index (κ1) is 20.1. The van der Waals surface area contributed by atoms with E-state index in [1.54, 1.807) is 24.3 Å². The summed E-state index contributed by atoms with van der Waals surface area (Å²) in [7, 11) is 0. The van der Waals surface area contributed by atoms with Gasteiger partial charge in [0.1, 0.15) is 18.2 Å². The largest absolute Gasteiger partial charge is 0.490 e. The van der Waals surface area contributed by atoms with E-state index in [0.29, 0.717) is 13.2 Å². The lowest BCUT2D eigenvalue weighted by Gasteiger charge is -2.10. The molecule has 0 saturated carbocycles. The first-order chi connectivity index (χ1) is 13.1. The third-order valence-corrected chi connectivity index (χ3v) is 3.59. The van der Waals surface area contributed by atoms with Crippen molar-refractivity contribution in [3.05, 3.63) is 84.2 Å². The summed E-state index contributed by atoms with van der Waals surface area (Å²) in [5.74, 6) is 0.0843. The number of ether oxygens (including phenoxy) is 1. The molecular formula is C20H20FN3O2S. The van der Waals surface area contributed by atoms with Crippen molar-refractivity contribution in [2.45, 2.75) is 6.54 Å². The molecule has 0 aromatic heterocycles. The van der Waals surface area contributed by atoms with Gasteiger partial charge < -0.3 is 10.1 Å². The quantitative estimate of drug-likeness (QED) is 0.296. The van der Waals surface area contributed by atoms with Gasteiger partial charge in [0.25, 0.3) is 5.91 Å². The molecule has 0 aliphatic heterocycles. The standard InChI is InChI=1S/C20H20FN3O2S/c1-2-13-26-18-10-5-15(6-11-18)7-12-19(25)23-24-20(27)22-14-16-3-8-17(21)9-4-16/h2-12H,1,13-14H2,(H,23,25)(H2,22,24,27)/b12-7+. The number of nitrogens with one attached hydrogen (secondary N) is 3. The van der Waals surface area contributed by atoms with Gasteiger partial charge in [0, 0.05) is 12.6 Å². The lowest BCUT2D eigenvalue weighted by Crippen LogP contribution is -2.45. The van der Waals surface area contributed by atoms with Crippen molar-refractivity contribution < 1.29 is 13.9 Å². The fraction of sp³-hybridized carbons (Fsp3) is 0.100. The summed E-state index contributed by atoms with van der Waals surface area (Å²) in [5, 5.41) is 3.16. The van der Waals surface area contributed by atoms with E-state index in [1.165, 1.54) is 18.2 Å². The predicted octanol–water partition coefficient (Wildman–Crippen LogP) is 3.10. The number of halogens is 1. The summed E-state index contributed by atoms with van der Waals surface area (Å²) in [6, 6.07) is 13.4. The maximum Gasteiger partial charge on any atom is 0.262 e. The Hall–Kier alpha value is -3.19. The van der Waals surface area contributed by atoms with Crippen molar-refractivity contribution in [3.8, 4) is 5.75 Å². The van der Waals surface area contributed by atoms with Crippen LogP contribution in [-0.4, -0.2) is 17.6 Å². The summed E-state index contributed by atoms with van der Waals surface area (Å²) in [6.45, 7) is 4.45. The fourth-order valence-electron chi connectivity index (χ4n) is 1.99. The molecule has 7 heteroatoms. The average molecular weight is 385 g/mol. The highest BCUT2D eigenvalue weighted by Crippen LogP contribution is 2.13. The highest BCUT2D eigenvalue weighted by Gasteiger charge is 1.99. The van der Waals surface area contributed by atoms with Gasteiger partial charge in [-0.05, 0) is 53.7 Å². The molecule has 0 radical (unpaired) electrons. The van der Waals surface area contributed by atoms with Crippen molar-refractivity contribution in [1.29, 1.82) is 0 Å². The number of benzene rings is 2. The van der Waals surface area contributed by atoms with Crippen molar-refractivity contribution in [2.75, 3.05) is 6.61 Å². The Morgan fingerprint density at radius 3 is 2.48 bits per heavy atom. The van der Waals surface area contributed by atoms with Crippen molar-refractivity contribution >= 4 is 29.3 Å². The Morgan fingerprint density at radius 1 is 1.11 bits per heavy atom. The van der Waals surface area contributed by atoms with E-state index in [0.717, 1.165) is 16.9 Å². The van der Waals surface area contributed by atoms with Crippen molar-refractivity contribution in [2.24, 2.45) is 0 Å². The maximum atomic E-state index is 12.8. The normalized spacial score (nSPS) is 10.3. The first-order valence-electron chi connectivity index (χ1n) is 8.17. The van der Waals surface area contributed by atoms with Gasteiger partial charge in [0.2, 0.25) is 0 Å². The summed E-state index contributed by atoms with van der Waals surface area (Å²) in [6.07, 6.45) is 4.72. The molecular weight excluding hydrogens is 365 g/mol. The number of hydrazine groups is 1. The molecule has 0 saturated heterocycles. The van der Waals surface area contributed by atoms with E-state index < -0.39 is 0 Å². The predicted molar refractivity (Wildman–Crippen MR) is 108 cm³/mol. The molecule has 0 bridgehead atoms. The number of carbonyl (C=O) groups is 1. The zero-order chi connectivity index (χ0) is 19.5. The molecule has 2 aromatic carbocycles. The fourth-order valence-corrected chi connectivity index (χ4v) is 2.11. The highest BCUT2D eigenvalue weighted by atomic mass is 32.1. The molecule has 5 nitrogen and oxygen atoms in total. The Bertz CT molecular complexity index is 805. The van der Waals surface area contributed by atoms with Crippen LogP contribution >= 0.6 is 12.2 Å². The van der Waals surface area contributed by atoms with Crippen LogP contribution in [0.1, 0.15) is 11.1 Å². The Morgan fingerprint density at radius 2 is 1.81 bits per heavy atom. The van der Waals surface area contributed by atoms with Gasteiger partial charge in [-0.2, -0.15) is 0 Å². The third kappa shape index (κ3) is 7.70. The number of hydrogen-bond acceptors (Lipinski definition) is 3. The van der Waals surface area contributed by atoms with Gasteiger partial charge >= 0.3 is 0 Å². The number of thiocarbonyl (C=S) groups is 1. The maximum absolute atomic E-state index is 12.8.